The van der Waals surface area contributed by atoms with Crippen LogP contribution in [0.15, 0.2) is 18.3 Å². The maximum Gasteiger partial charge on any atom is 0.303 e. The van der Waals surface area contributed by atoms with Crippen molar-refractivity contribution in [3.8, 4) is 0 Å². The second kappa shape index (κ2) is 7.67. The molecule has 3 N–H and O–H groups in total. The minimum Gasteiger partial charge on any atom is -0.481 e. The number of rotatable bonds is 8. The molecule has 1 rings (SSSR count). The summed E-state index contributed by atoms with van der Waals surface area (Å²) in [6.45, 7) is 0.235. The first-order valence-corrected chi connectivity index (χ1v) is 5.82. The molecule has 0 spiro atoms. The number of carboxylic acids is 1. The van der Waals surface area contributed by atoms with E-state index in [1.807, 2.05) is 0 Å². The summed E-state index contributed by atoms with van der Waals surface area (Å²) in [6, 6.07) is 2.68. The van der Waals surface area contributed by atoms with E-state index < -0.39 is 10.9 Å². The smallest absolute Gasteiger partial charge is 0.303 e. The summed E-state index contributed by atoms with van der Waals surface area (Å²) >= 11 is 0. The molecule has 1 aromatic rings. The van der Waals surface area contributed by atoms with Crippen molar-refractivity contribution in [3.63, 3.8) is 0 Å². The lowest BCUT2D eigenvalue weighted by Gasteiger charge is -2.06. The summed E-state index contributed by atoms with van der Waals surface area (Å²) in [4.78, 5) is 35.3. The predicted octanol–water partition coefficient (Wildman–Crippen LogP) is 0.383. The second-order valence-electron chi connectivity index (χ2n) is 3.86. The van der Waals surface area contributed by atoms with Gasteiger partial charge in [-0.1, -0.05) is 0 Å². The number of amides is 1. The molecule has 0 aromatic carbocycles. The van der Waals surface area contributed by atoms with E-state index in [2.05, 4.69) is 15.6 Å². The van der Waals surface area contributed by atoms with Crippen LogP contribution in [0, 0.1) is 10.1 Å². The topological polar surface area (TPSA) is 134 Å². The number of carboxylic acid groups (broad SMARTS) is 1. The fourth-order valence-corrected chi connectivity index (χ4v) is 1.30. The summed E-state index contributed by atoms with van der Waals surface area (Å²) in [5.74, 6) is -0.876. The van der Waals surface area contributed by atoms with Crippen LogP contribution in [-0.4, -0.2) is 40.0 Å². The number of aromatic nitrogens is 1. The van der Waals surface area contributed by atoms with Crippen molar-refractivity contribution < 1.29 is 19.6 Å². The van der Waals surface area contributed by atoms with Gasteiger partial charge in [0.2, 0.25) is 5.91 Å². The molecule has 0 aliphatic rings. The van der Waals surface area contributed by atoms with Gasteiger partial charge in [-0.15, -0.1) is 0 Å². The van der Waals surface area contributed by atoms with Gasteiger partial charge in [-0.25, -0.2) is 4.98 Å². The first kappa shape index (κ1) is 15.3. The third-order valence-electron chi connectivity index (χ3n) is 2.28. The highest BCUT2D eigenvalue weighted by Crippen LogP contribution is 2.11. The van der Waals surface area contributed by atoms with Crippen LogP contribution in [0.25, 0.3) is 0 Å². The van der Waals surface area contributed by atoms with Crippen molar-refractivity contribution in [3.05, 3.63) is 28.4 Å². The number of nitrogens with zero attached hydrogens (tertiary/aromatic N) is 2. The molecule has 0 aliphatic heterocycles. The van der Waals surface area contributed by atoms with Gasteiger partial charge in [-0.3, -0.25) is 19.7 Å². The Morgan fingerprint density at radius 3 is 2.70 bits per heavy atom. The molecule has 1 aromatic heterocycles. The zero-order chi connectivity index (χ0) is 15.0. The monoisotopic (exact) mass is 282 g/mol. The largest absolute Gasteiger partial charge is 0.481 e. The van der Waals surface area contributed by atoms with Gasteiger partial charge in [-0.05, 0) is 12.5 Å². The molecular formula is C11H14N4O5. The van der Waals surface area contributed by atoms with Crippen LogP contribution in [0.4, 0.5) is 11.5 Å². The molecule has 9 heteroatoms. The number of hydrogen-bond donors (Lipinski definition) is 3. The Labute approximate surface area is 114 Å². The molecule has 0 saturated carbocycles. The van der Waals surface area contributed by atoms with Crippen LogP contribution in [0.3, 0.4) is 0 Å². The number of aliphatic carboxylic acids is 1. The highest BCUT2D eigenvalue weighted by Gasteiger charge is 2.06. The molecule has 0 aliphatic carbocycles. The van der Waals surface area contributed by atoms with Crippen LogP contribution in [0.2, 0.25) is 0 Å². The molecule has 0 bridgehead atoms. The van der Waals surface area contributed by atoms with Gasteiger partial charge >= 0.3 is 5.97 Å². The van der Waals surface area contributed by atoms with E-state index in [9.17, 15) is 19.7 Å². The summed E-state index contributed by atoms with van der Waals surface area (Å²) < 4.78 is 0. The Kier molecular flexibility index (Phi) is 5.88. The van der Waals surface area contributed by atoms with Crippen molar-refractivity contribution in [1.29, 1.82) is 0 Å². The summed E-state index contributed by atoms with van der Waals surface area (Å²) in [5, 5.41) is 24.1. The predicted molar refractivity (Wildman–Crippen MR) is 69.3 cm³/mol. The Morgan fingerprint density at radius 1 is 1.40 bits per heavy atom. The number of carbonyl (C=O) groups excluding carboxylic acids is 1. The maximum atomic E-state index is 11.4. The third kappa shape index (κ3) is 5.76. The van der Waals surface area contributed by atoms with Crippen LogP contribution >= 0.6 is 0 Å². The second-order valence-corrected chi connectivity index (χ2v) is 3.86. The number of pyridine rings is 1. The number of carbonyl (C=O) groups is 2. The molecule has 1 heterocycles. The van der Waals surface area contributed by atoms with Crippen LogP contribution in [0.5, 0.6) is 0 Å². The van der Waals surface area contributed by atoms with E-state index in [4.69, 9.17) is 5.11 Å². The Morgan fingerprint density at radius 2 is 2.15 bits per heavy atom. The lowest BCUT2D eigenvalue weighted by Crippen LogP contribution is -2.31. The average molecular weight is 282 g/mol. The van der Waals surface area contributed by atoms with Gasteiger partial charge in [-0.2, -0.15) is 0 Å². The number of anilines is 1. The SMILES string of the molecule is O=C(O)CCCNC(=O)CNc1ccc([N+](=O)[O-])cn1. The molecule has 0 radical (unpaired) electrons. The van der Waals surface area contributed by atoms with Crippen LogP contribution < -0.4 is 10.6 Å². The normalized spacial score (nSPS) is 9.80. The molecule has 0 saturated heterocycles. The maximum absolute atomic E-state index is 11.4. The number of hydrogen-bond acceptors (Lipinski definition) is 6. The van der Waals surface area contributed by atoms with E-state index in [1.165, 1.54) is 12.1 Å². The summed E-state index contributed by atoms with van der Waals surface area (Å²) in [6.07, 6.45) is 1.45. The molecule has 0 unspecified atom stereocenters. The first-order valence-electron chi connectivity index (χ1n) is 5.82. The van der Waals surface area contributed by atoms with Gasteiger partial charge in [0.25, 0.3) is 5.69 Å². The Hall–Kier alpha value is -2.71. The molecule has 1 amide bonds. The third-order valence-corrected chi connectivity index (χ3v) is 2.28. The quantitative estimate of drug-likeness (QED) is 0.356. The molecule has 20 heavy (non-hydrogen) atoms. The zero-order valence-electron chi connectivity index (χ0n) is 10.5. The van der Waals surface area contributed by atoms with E-state index in [0.717, 1.165) is 6.20 Å². The van der Waals surface area contributed by atoms with Crippen molar-refractivity contribution >= 4 is 23.4 Å². The van der Waals surface area contributed by atoms with Gasteiger partial charge < -0.3 is 15.7 Å². The van der Waals surface area contributed by atoms with Crippen molar-refractivity contribution in [2.45, 2.75) is 12.8 Å². The summed E-state index contributed by atoms with van der Waals surface area (Å²) in [5.41, 5.74) is -0.131. The minimum atomic E-state index is -0.910. The van der Waals surface area contributed by atoms with Gasteiger partial charge in [0.15, 0.2) is 0 Å². The van der Waals surface area contributed by atoms with Gasteiger partial charge in [0, 0.05) is 19.0 Å². The molecule has 9 nitrogen and oxygen atoms in total. The van der Waals surface area contributed by atoms with Crippen molar-refractivity contribution in [1.82, 2.24) is 10.3 Å². The molecule has 0 atom stereocenters. The van der Waals surface area contributed by atoms with Crippen LogP contribution in [0.1, 0.15) is 12.8 Å². The Bertz CT molecular complexity index is 488. The molecule has 108 valence electrons. The van der Waals surface area contributed by atoms with Crippen molar-refractivity contribution in [2.75, 3.05) is 18.4 Å². The molecule has 0 fully saturated rings. The highest BCUT2D eigenvalue weighted by atomic mass is 16.6. The van der Waals surface area contributed by atoms with Crippen LogP contribution in [-0.2, 0) is 9.59 Å². The minimum absolute atomic E-state index is 0.00236. The van der Waals surface area contributed by atoms with Crippen molar-refractivity contribution in [2.24, 2.45) is 0 Å². The standard InChI is InChI=1S/C11H14N4O5/c16-10(12-5-1-2-11(17)18)7-14-9-4-3-8(6-13-9)15(19)20/h3-4,6H,1-2,5,7H2,(H,12,16)(H,13,14)(H,17,18). The van der Waals surface area contributed by atoms with Gasteiger partial charge in [0.1, 0.15) is 12.0 Å². The zero-order valence-corrected chi connectivity index (χ0v) is 10.5. The van der Waals surface area contributed by atoms with Gasteiger partial charge in [0.05, 0.1) is 11.5 Å². The number of nitro groups is 1. The van der Waals surface area contributed by atoms with E-state index in [1.54, 1.807) is 0 Å². The lowest BCUT2D eigenvalue weighted by molar-refractivity contribution is -0.385. The summed E-state index contributed by atoms with van der Waals surface area (Å²) in [7, 11) is 0. The Balaban J connectivity index is 2.26. The number of nitrogens with one attached hydrogen (secondary N) is 2. The average Bonchev–Trinajstić information content (AvgIpc) is 2.41. The molecular weight excluding hydrogens is 268 g/mol. The van der Waals surface area contributed by atoms with E-state index >= 15 is 0 Å². The fourth-order valence-electron chi connectivity index (χ4n) is 1.30. The van der Waals surface area contributed by atoms with E-state index in [0.29, 0.717) is 12.2 Å². The van der Waals surface area contributed by atoms with E-state index in [-0.39, 0.29) is 31.1 Å². The highest BCUT2D eigenvalue weighted by molar-refractivity contribution is 5.80. The fraction of sp³-hybridized carbons (Fsp3) is 0.364. The first-order chi connectivity index (χ1) is 9.49. The lowest BCUT2D eigenvalue weighted by atomic mass is 10.3.